The van der Waals surface area contributed by atoms with E-state index in [0.717, 1.165) is 21.8 Å². The zero-order valence-corrected chi connectivity index (χ0v) is 25.7. The molecule has 0 N–H and O–H groups in total. The molecular weight excluding hydrogens is 587 g/mol. The van der Waals surface area contributed by atoms with Crippen molar-refractivity contribution in [2.75, 3.05) is 13.2 Å². The number of aryl methyl sites for hydroxylation is 1. The minimum atomic E-state index is -0.768. The van der Waals surface area contributed by atoms with Gasteiger partial charge in [-0.25, -0.2) is 9.79 Å². The van der Waals surface area contributed by atoms with Gasteiger partial charge in [-0.3, -0.25) is 19.5 Å². The highest BCUT2D eigenvalue weighted by Gasteiger charge is 2.33. The molecule has 1 aliphatic rings. The summed E-state index contributed by atoms with van der Waals surface area (Å²) in [6, 6.07) is 19.1. The van der Waals surface area contributed by atoms with Crippen LogP contribution in [0, 0.1) is 17.0 Å². The number of carbonyl (C=O) groups excluding carboxylic acids is 1. The normalized spacial score (nSPS) is 14.7. The monoisotopic (exact) mass is 615 g/mol. The van der Waals surface area contributed by atoms with Crippen LogP contribution < -0.4 is 19.6 Å². The van der Waals surface area contributed by atoms with Gasteiger partial charge in [0.1, 0.15) is 5.75 Å². The molecule has 0 spiro atoms. The second kappa shape index (κ2) is 12.8. The summed E-state index contributed by atoms with van der Waals surface area (Å²) in [5.74, 6) is 0.122. The van der Waals surface area contributed by atoms with Gasteiger partial charge in [0.15, 0.2) is 4.80 Å². The molecule has 9 nitrogen and oxygen atoms in total. The molecule has 11 heteroatoms. The second-order valence-corrected chi connectivity index (χ2v) is 11.8. The molecule has 4 aromatic rings. The van der Waals surface area contributed by atoms with Crippen molar-refractivity contribution in [2.45, 2.75) is 43.5 Å². The van der Waals surface area contributed by atoms with Crippen LogP contribution >= 0.6 is 23.1 Å². The number of aromatic nitrogens is 1. The van der Waals surface area contributed by atoms with Crippen LogP contribution in [0.3, 0.4) is 0 Å². The Hall–Kier alpha value is -4.48. The van der Waals surface area contributed by atoms with Crippen LogP contribution in [0.15, 0.2) is 97.6 Å². The number of nitrogens with zero attached hydrogens (tertiary/aromatic N) is 3. The maximum Gasteiger partial charge on any atom is 0.338 e. The van der Waals surface area contributed by atoms with Crippen molar-refractivity contribution in [1.82, 2.24) is 4.57 Å². The highest BCUT2D eigenvalue weighted by atomic mass is 32.2. The molecular formula is C32H29N3O6S2. The number of hydrogen-bond donors (Lipinski definition) is 0. The standard InChI is InChI=1S/C32H29N3O6S2/c1-5-40-23-12-10-22(11-13-23)29-28(31(37)41-6-2)20(4)33-32-34(29)30(36)27(43-32)18-21-9-16-26(25(17-21)35(38)39)42-24-14-7-19(3)8-15-24/h7-18,29H,5-6H2,1-4H3/b27-18+. The molecule has 0 fully saturated rings. The van der Waals surface area contributed by atoms with Crippen LogP contribution in [0.5, 0.6) is 5.75 Å². The summed E-state index contributed by atoms with van der Waals surface area (Å²) in [5, 5.41) is 12.0. The third-order valence-corrected chi connectivity index (χ3v) is 8.81. The Bertz CT molecular complexity index is 1910. The number of rotatable bonds is 9. The molecule has 0 radical (unpaired) electrons. The smallest absolute Gasteiger partial charge is 0.338 e. The molecule has 1 unspecified atom stereocenters. The SMILES string of the molecule is CCOC(=O)C1=C(C)N=c2s/c(=C/c3ccc(Sc4ccc(C)cc4)c([N+](=O)[O-])c3)c(=O)n2C1c1ccc(OCC)cc1. The van der Waals surface area contributed by atoms with Crippen molar-refractivity contribution < 1.29 is 19.2 Å². The topological polar surface area (TPSA) is 113 Å². The fourth-order valence-electron chi connectivity index (χ4n) is 4.76. The molecule has 220 valence electrons. The van der Waals surface area contributed by atoms with E-state index < -0.39 is 16.9 Å². The minimum absolute atomic E-state index is 0.0557. The number of esters is 1. The average molecular weight is 616 g/mol. The van der Waals surface area contributed by atoms with Gasteiger partial charge in [0, 0.05) is 11.0 Å². The number of carbonyl (C=O) groups is 1. The number of benzene rings is 3. The summed E-state index contributed by atoms with van der Waals surface area (Å²) in [6.07, 6.45) is 1.62. The molecule has 2 heterocycles. The average Bonchev–Trinajstić information content (AvgIpc) is 3.28. The lowest BCUT2D eigenvalue weighted by molar-refractivity contribution is -0.387. The van der Waals surface area contributed by atoms with Crippen molar-refractivity contribution in [1.29, 1.82) is 0 Å². The third-order valence-electron chi connectivity index (χ3n) is 6.75. The highest BCUT2D eigenvalue weighted by molar-refractivity contribution is 7.99. The quantitative estimate of drug-likeness (QED) is 0.138. The predicted octanol–water partition coefficient (Wildman–Crippen LogP) is 5.56. The molecule has 0 amide bonds. The first-order valence-electron chi connectivity index (χ1n) is 13.7. The lowest BCUT2D eigenvalue weighted by atomic mass is 9.96. The summed E-state index contributed by atoms with van der Waals surface area (Å²) in [5.41, 5.74) is 2.62. The van der Waals surface area contributed by atoms with Crippen LogP contribution in [0.4, 0.5) is 5.69 Å². The highest BCUT2D eigenvalue weighted by Crippen LogP contribution is 2.36. The third kappa shape index (κ3) is 6.32. The van der Waals surface area contributed by atoms with E-state index in [1.807, 2.05) is 50.2 Å². The molecule has 43 heavy (non-hydrogen) atoms. The molecule has 0 bridgehead atoms. The van der Waals surface area contributed by atoms with Crippen molar-refractivity contribution in [3.05, 3.63) is 124 Å². The first kappa shape index (κ1) is 30.0. The van der Waals surface area contributed by atoms with E-state index in [9.17, 15) is 19.7 Å². The van der Waals surface area contributed by atoms with Gasteiger partial charge in [-0.1, -0.05) is 59.0 Å². The largest absolute Gasteiger partial charge is 0.494 e. The van der Waals surface area contributed by atoms with Crippen molar-refractivity contribution in [3.63, 3.8) is 0 Å². The van der Waals surface area contributed by atoms with E-state index in [-0.39, 0.29) is 23.4 Å². The van der Waals surface area contributed by atoms with Crippen molar-refractivity contribution in [3.8, 4) is 5.75 Å². The Kier molecular flexibility index (Phi) is 8.93. The van der Waals surface area contributed by atoms with Crippen LogP contribution in [-0.2, 0) is 9.53 Å². The summed E-state index contributed by atoms with van der Waals surface area (Å²) in [6.45, 7) is 7.99. The number of hydrogen-bond acceptors (Lipinski definition) is 9. The summed E-state index contributed by atoms with van der Waals surface area (Å²) < 4.78 is 12.7. The van der Waals surface area contributed by atoms with Gasteiger partial charge in [-0.15, -0.1) is 0 Å². The lowest BCUT2D eigenvalue weighted by Crippen LogP contribution is -2.39. The van der Waals surface area contributed by atoms with Crippen LogP contribution in [-0.4, -0.2) is 28.7 Å². The Morgan fingerprint density at radius 2 is 1.79 bits per heavy atom. The summed E-state index contributed by atoms with van der Waals surface area (Å²) >= 11 is 2.47. The number of allylic oxidation sites excluding steroid dienone is 1. The Morgan fingerprint density at radius 1 is 1.07 bits per heavy atom. The molecule has 3 aromatic carbocycles. The molecule has 0 saturated heterocycles. The van der Waals surface area contributed by atoms with Crippen LogP contribution in [0.1, 0.15) is 43.5 Å². The van der Waals surface area contributed by atoms with Gasteiger partial charge in [0.25, 0.3) is 11.2 Å². The molecule has 0 aliphatic carbocycles. The molecule has 1 aliphatic heterocycles. The van der Waals surface area contributed by atoms with Gasteiger partial charge in [-0.05, 0) is 75.2 Å². The molecule has 0 saturated carbocycles. The number of fused-ring (bicyclic) bond motifs is 1. The van der Waals surface area contributed by atoms with Gasteiger partial charge < -0.3 is 9.47 Å². The van der Waals surface area contributed by atoms with E-state index in [0.29, 0.717) is 43.4 Å². The fraction of sp³-hybridized carbons (Fsp3) is 0.219. The van der Waals surface area contributed by atoms with E-state index >= 15 is 0 Å². The summed E-state index contributed by atoms with van der Waals surface area (Å²) in [7, 11) is 0. The van der Waals surface area contributed by atoms with Gasteiger partial charge in [-0.2, -0.15) is 0 Å². The first-order chi connectivity index (χ1) is 20.7. The minimum Gasteiger partial charge on any atom is -0.494 e. The van der Waals surface area contributed by atoms with Crippen LogP contribution in [0.25, 0.3) is 6.08 Å². The van der Waals surface area contributed by atoms with Crippen molar-refractivity contribution in [2.24, 2.45) is 4.99 Å². The van der Waals surface area contributed by atoms with E-state index in [1.165, 1.54) is 22.4 Å². The molecule has 1 aromatic heterocycles. The predicted molar refractivity (Wildman–Crippen MR) is 166 cm³/mol. The van der Waals surface area contributed by atoms with Crippen molar-refractivity contribution >= 4 is 40.8 Å². The number of nitro groups is 1. The Labute approximate surface area is 256 Å². The number of thiazole rings is 1. The fourth-order valence-corrected chi connectivity index (χ4v) is 6.70. The Morgan fingerprint density at radius 3 is 2.44 bits per heavy atom. The second-order valence-electron chi connectivity index (χ2n) is 9.70. The molecule has 5 rings (SSSR count). The maximum absolute atomic E-state index is 13.9. The zero-order valence-electron chi connectivity index (χ0n) is 24.0. The zero-order chi connectivity index (χ0) is 30.7. The lowest BCUT2D eigenvalue weighted by Gasteiger charge is -2.24. The van der Waals surface area contributed by atoms with Gasteiger partial charge in [0.2, 0.25) is 0 Å². The van der Waals surface area contributed by atoms with E-state index in [4.69, 9.17) is 9.47 Å². The number of nitro benzene ring substituents is 1. The first-order valence-corrected chi connectivity index (χ1v) is 15.3. The van der Waals surface area contributed by atoms with E-state index in [2.05, 4.69) is 4.99 Å². The summed E-state index contributed by atoms with van der Waals surface area (Å²) in [4.78, 5) is 45.0. The van der Waals surface area contributed by atoms with E-state index in [1.54, 1.807) is 44.2 Å². The van der Waals surface area contributed by atoms with Crippen LogP contribution in [0.2, 0.25) is 0 Å². The van der Waals surface area contributed by atoms with Gasteiger partial charge in [0.05, 0.1) is 44.9 Å². The Balaban J connectivity index is 1.60. The molecule has 1 atom stereocenters. The number of ether oxygens (including phenoxy) is 2. The van der Waals surface area contributed by atoms with Gasteiger partial charge >= 0.3 is 5.97 Å². The maximum atomic E-state index is 13.9.